The number of anilines is 1. The first-order valence-corrected chi connectivity index (χ1v) is 8.16. The number of thiophene rings is 1. The number of ether oxygens (including phenoxy) is 1. The van der Waals surface area contributed by atoms with Crippen LogP contribution in [0.4, 0.5) is 5.69 Å². The van der Waals surface area contributed by atoms with Crippen LogP contribution in [0.25, 0.3) is 6.08 Å². The van der Waals surface area contributed by atoms with Crippen LogP contribution in [0.15, 0.2) is 35.7 Å². The molecule has 0 fully saturated rings. The van der Waals surface area contributed by atoms with E-state index < -0.39 is 11.9 Å². The topological polar surface area (TPSA) is 55.4 Å². The Morgan fingerprint density at radius 3 is 2.70 bits per heavy atom. The summed E-state index contributed by atoms with van der Waals surface area (Å²) in [7, 11) is 0. The van der Waals surface area contributed by atoms with Gasteiger partial charge in [0.25, 0.3) is 5.91 Å². The molecular weight excluding hydrogens is 334 g/mol. The van der Waals surface area contributed by atoms with Crippen molar-refractivity contribution >= 4 is 46.6 Å². The van der Waals surface area contributed by atoms with Gasteiger partial charge in [-0.1, -0.05) is 11.6 Å². The molecule has 0 radical (unpaired) electrons. The first-order chi connectivity index (χ1) is 11.0. The summed E-state index contributed by atoms with van der Waals surface area (Å²) < 4.78 is 4.92. The van der Waals surface area contributed by atoms with E-state index in [1.165, 1.54) is 17.4 Å². The molecule has 1 aromatic carbocycles. The van der Waals surface area contributed by atoms with Crippen molar-refractivity contribution in [3.05, 3.63) is 56.7 Å². The molecule has 1 aromatic heterocycles. The third kappa shape index (κ3) is 5.23. The second-order valence-corrected chi connectivity index (χ2v) is 6.30. The van der Waals surface area contributed by atoms with E-state index >= 15 is 0 Å². The number of aryl methyl sites for hydroxylation is 2. The number of carbonyl (C=O) groups is 2. The van der Waals surface area contributed by atoms with E-state index in [4.69, 9.17) is 16.3 Å². The average molecular weight is 350 g/mol. The van der Waals surface area contributed by atoms with Gasteiger partial charge in [-0.15, -0.1) is 11.3 Å². The Morgan fingerprint density at radius 2 is 2.04 bits per heavy atom. The van der Waals surface area contributed by atoms with Gasteiger partial charge in [0.1, 0.15) is 0 Å². The molecule has 0 atom stereocenters. The quantitative estimate of drug-likeness (QED) is 0.649. The molecule has 23 heavy (non-hydrogen) atoms. The number of esters is 1. The van der Waals surface area contributed by atoms with Crippen LogP contribution in [0, 0.1) is 13.8 Å². The Morgan fingerprint density at radius 1 is 1.26 bits per heavy atom. The van der Waals surface area contributed by atoms with Gasteiger partial charge < -0.3 is 10.1 Å². The minimum absolute atomic E-state index is 0.339. The molecule has 0 bridgehead atoms. The summed E-state index contributed by atoms with van der Waals surface area (Å²) in [6, 6.07) is 7.10. The second kappa shape index (κ2) is 7.94. The van der Waals surface area contributed by atoms with Crippen LogP contribution in [0.1, 0.15) is 16.0 Å². The molecular formula is C17H16ClNO3S. The van der Waals surface area contributed by atoms with E-state index in [0.29, 0.717) is 10.7 Å². The van der Waals surface area contributed by atoms with Gasteiger partial charge in [0.2, 0.25) is 0 Å². The van der Waals surface area contributed by atoms with Crippen LogP contribution < -0.4 is 5.32 Å². The summed E-state index contributed by atoms with van der Waals surface area (Å²) in [6.45, 7) is 3.46. The molecule has 0 saturated heterocycles. The molecule has 0 unspecified atom stereocenters. The van der Waals surface area contributed by atoms with Gasteiger partial charge in [-0.25, -0.2) is 4.79 Å². The highest BCUT2D eigenvalue weighted by atomic mass is 35.5. The SMILES string of the molecule is Cc1cc(Cl)ccc1NC(=O)COC(=O)/C=C/c1sccc1C. The predicted molar refractivity (Wildman–Crippen MR) is 93.9 cm³/mol. The molecule has 120 valence electrons. The van der Waals surface area contributed by atoms with Crippen molar-refractivity contribution in [3.63, 3.8) is 0 Å². The van der Waals surface area contributed by atoms with Crippen molar-refractivity contribution in [1.29, 1.82) is 0 Å². The molecule has 0 saturated carbocycles. The fourth-order valence-corrected chi connectivity index (χ4v) is 2.88. The van der Waals surface area contributed by atoms with Crippen molar-refractivity contribution in [2.24, 2.45) is 0 Å². The van der Waals surface area contributed by atoms with Gasteiger partial charge in [0, 0.05) is 21.7 Å². The maximum atomic E-state index is 11.8. The van der Waals surface area contributed by atoms with Crippen LogP contribution in [-0.2, 0) is 14.3 Å². The zero-order valence-electron chi connectivity index (χ0n) is 12.8. The Hall–Kier alpha value is -2.11. The predicted octanol–water partition coefficient (Wildman–Crippen LogP) is 4.21. The van der Waals surface area contributed by atoms with Gasteiger partial charge >= 0.3 is 5.97 Å². The van der Waals surface area contributed by atoms with Crippen molar-refractivity contribution in [1.82, 2.24) is 0 Å². The second-order valence-electron chi connectivity index (χ2n) is 4.92. The zero-order chi connectivity index (χ0) is 16.8. The number of carbonyl (C=O) groups excluding carboxylic acids is 2. The van der Waals surface area contributed by atoms with Gasteiger partial charge in [0.15, 0.2) is 6.61 Å². The molecule has 1 heterocycles. The number of hydrogen-bond acceptors (Lipinski definition) is 4. The fraction of sp³-hybridized carbons (Fsp3) is 0.176. The summed E-state index contributed by atoms with van der Waals surface area (Å²) in [5.41, 5.74) is 2.57. The number of halogens is 1. The van der Waals surface area contributed by atoms with E-state index in [-0.39, 0.29) is 6.61 Å². The van der Waals surface area contributed by atoms with Gasteiger partial charge in [-0.3, -0.25) is 4.79 Å². The van der Waals surface area contributed by atoms with Crippen molar-refractivity contribution < 1.29 is 14.3 Å². The van der Waals surface area contributed by atoms with Crippen LogP contribution in [0.2, 0.25) is 5.02 Å². The first-order valence-electron chi connectivity index (χ1n) is 6.90. The maximum absolute atomic E-state index is 11.8. The third-order valence-electron chi connectivity index (χ3n) is 3.08. The molecule has 1 amide bonds. The lowest BCUT2D eigenvalue weighted by molar-refractivity contribution is -0.142. The van der Waals surface area contributed by atoms with Gasteiger partial charge in [-0.2, -0.15) is 0 Å². The summed E-state index contributed by atoms with van der Waals surface area (Å²) in [4.78, 5) is 24.4. The first kappa shape index (κ1) is 17.2. The number of nitrogens with one attached hydrogen (secondary N) is 1. The Bertz CT molecular complexity index is 752. The Kier molecular flexibility index (Phi) is 5.96. The highest BCUT2D eigenvalue weighted by Crippen LogP contribution is 2.19. The molecule has 2 aromatic rings. The molecule has 1 N–H and O–H groups in total. The van der Waals surface area contributed by atoms with Crippen LogP contribution in [0.5, 0.6) is 0 Å². The van der Waals surface area contributed by atoms with E-state index in [1.54, 1.807) is 24.3 Å². The highest BCUT2D eigenvalue weighted by molar-refractivity contribution is 7.11. The Balaban J connectivity index is 1.83. The van der Waals surface area contributed by atoms with Crippen LogP contribution in [0.3, 0.4) is 0 Å². The summed E-state index contributed by atoms with van der Waals surface area (Å²) >= 11 is 7.39. The number of amides is 1. The number of rotatable bonds is 5. The number of hydrogen-bond donors (Lipinski definition) is 1. The van der Waals surface area contributed by atoms with E-state index in [9.17, 15) is 9.59 Å². The van der Waals surface area contributed by atoms with E-state index in [2.05, 4.69) is 5.32 Å². The molecule has 0 aliphatic rings. The standard InChI is InChI=1S/C17H16ClNO3S/c1-11-7-8-23-15(11)5-6-17(21)22-10-16(20)19-14-4-3-13(18)9-12(14)2/h3-9H,10H2,1-2H3,(H,19,20)/b6-5+. The molecule has 4 nitrogen and oxygen atoms in total. The smallest absolute Gasteiger partial charge is 0.331 e. The lowest BCUT2D eigenvalue weighted by atomic mass is 10.2. The van der Waals surface area contributed by atoms with Crippen molar-refractivity contribution in [2.75, 3.05) is 11.9 Å². The molecule has 0 aliphatic heterocycles. The Labute approximate surface area is 143 Å². The summed E-state index contributed by atoms with van der Waals surface area (Å²) in [5, 5.41) is 5.22. The van der Waals surface area contributed by atoms with Crippen LogP contribution >= 0.6 is 22.9 Å². The largest absolute Gasteiger partial charge is 0.452 e. The van der Waals surface area contributed by atoms with Gasteiger partial charge in [-0.05, 0) is 60.7 Å². The molecule has 6 heteroatoms. The lowest BCUT2D eigenvalue weighted by Gasteiger charge is -2.08. The lowest BCUT2D eigenvalue weighted by Crippen LogP contribution is -2.20. The molecule has 0 aliphatic carbocycles. The summed E-state index contributed by atoms with van der Waals surface area (Å²) in [5.74, 6) is -0.953. The minimum atomic E-state index is -0.555. The zero-order valence-corrected chi connectivity index (χ0v) is 14.3. The van der Waals surface area contributed by atoms with Crippen LogP contribution in [-0.4, -0.2) is 18.5 Å². The molecule has 2 rings (SSSR count). The van der Waals surface area contributed by atoms with Gasteiger partial charge in [0.05, 0.1) is 0 Å². The normalized spacial score (nSPS) is 10.7. The minimum Gasteiger partial charge on any atom is -0.452 e. The summed E-state index contributed by atoms with van der Waals surface area (Å²) in [6.07, 6.45) is 3.00. The third-order valence-corrected chi connectivity index (χ3v) is 4.30. The highest BCUT2D eigenvalue weighted by Gasteiger charge is 2.08. The average Bonchev–Trinajstić information content (AvgIpc) is 2.91. The van der Waals surface area contributed by atoms with Crippen molar-refractivity contribution in [3.8, 4) is 0 Å². The van der Waals surface area contributed by atoms with E-state index in [0.717, 1.165) is 16.0 Å². The van der Waals surface area contributed by atoms with Crippen molar-refractivity contribution in [2.45, 2.75) is 13.8 Å². The van der Waals surface area contributed by atoms with E-state index in [1.807, 2.05) is 25.3 Å². The number of benzene rings is 1. The fourth-order valence-electron chi connectivity index (χ4n) is 1.84. The maximum Gasteiger partial charge on any atom is 0.331 e. The monoisotopic (exact) mass is 349 g/mol. The molecule has 0 spiro atoms.